The van der Waals surface area contributed by atoms with E-state index in [2.05, 4.69) is 16.4 Å². The van der Waals surface area contributed by atoms with Gasteiger partial charge in [-0.25, -0.2) is 4.68 Å². The van der Waals surface area contributed by atoms with Crippen LogP contribution in [-0.2, 0) is 6.54 Å². The Kier molecular flexibility index (Phi) is 3.52. The lowest BCUT2D eigenvalue weighted by Gasteiger charge is -2.04. The highest BCUT2D eigenvalue weighted by Crippen LogP contribution is 2.15. The first kappa shape index (κ1) is 13.5. The van der Waals surface area contributed by atoms with E-state index in [1.807, 2.05) is 54.9 Å². The van der Waals surface area contributed by atoms with Crippen molar-refractivity contribution in [1.29, 1.82) is 0 Å². The first-order valence-electron chi connectivity index (χ1n) is 7.09. The van der Waals surface area contributed by atoms with E-state index >= 15 is 0 Å². The molecule has 0 aliphatic carbocycles. The molecule has 1 aromatic heterocycles. The summed E-state index contributed by atoms with van der Waals surface area (Å²) in [4.78, 5) is 11.6. The van der Waals surface area contributed by atoms with Gasteiger partial charge in [0.05, 0.1) is 12.1 Å². The van der Waals surface area contributed by atoms with Crippen LogP contribution in [0.15, 0.2) is 42.5 Å². The lowest BCUT2D eigenvalue weighted by molar-refractivity contribution is 0.0988. The zero-order valence-electron chi connectivity index (χ0n) is 12.2. The van der Waals surface area contributed by atoms with E-state index in [1.165, 1.54) is 5.56 Å². The van der Waals surface area contributed by atoms with Crippen LogP contribution in [0.25, 0.3) is 11.0 Å². The third-order valence-electron chi connectivity index (χ3n) is 3.60. The average molecular weight is 279 g/mol. The summed E-state index contributed by atoms with van der Waals surface area (Å²) in [7, 11) is 0. The number of hydrogen-bond acceptors (Lipinski definition) is 3. The van der Waals surface area contributed by atoms with Gasteiger partial charge in [0.15, 0.2) is 5.78 Å². The Morgan fingerprint density at radius 2 is 1.90 bits per heavy atom. The minimum absolute atomic E-state index is 0.170. The number of rotatable bonds is 4. The number of ketones is 1. The summed E-state index contributed by atoms with van der Waals surface area (Å²) in [6.45, 7) is 4.57. The van der Waals surface area contributed by atoms with Crippen LogP contribution in [0.3, 0.4) is 0 Å². The highest BCUT2D eigenvalue weighted by Gasteiger charge is 2.06. The van der Waals surface area contributed by atoms with Crippen molar-refractivity contribution in [3.8, 4) is 0 Å². The monoisotopic (exact) mass is 279 g/mol. The Bertz CT molecular complexity index is 787. The van der Waals surface area contributed by atoms with Gasteiger partial charge in [-0.15, -0.1) is 5.10 Å². The number of nitrogens with zero attached hydrogens (tertiary/aromatic N) is 3. The molecule has 0 aliphatic heterocycles. The van der Waals surface area contributed by atoms with Gasteiger partial charge in [-0.2, -0.15) is 0 Å². The lowest BCUT2D eigenvalue weighted by Crippen LogP contribution is -2.03. The fourth-order valence-electron chi connectivity index (χ4n) is 2.37. The largest absolute Gasteiger partial charge is 0.294 e. The van der Waals surface area contributed by atoms with Gasteiger partial charge in [0, 0.05) is 12.0 Å². The molecule has 106 valence electrons. The summed E-state index contributed by atoms with van der Waals surface area (Å²) < 4.78 is 1.88. The molecular formula is C17H17N3O. The molecule has 4 nitrogen and oxygen atoms in total. The SMILES string of the molecule is CCC(=O)c1ccc(Cn2nnc3cc(C)ccc32)cc1. The molecule has 0 amide bonds. The Morgan fingerprint density at radius 1 is 1.14 bits per heavy atom. The Balaban J connectivity index is 1.86. The summed E-state index contributed by atoms with van der Waals surface area (Å²) >= 11 is 0. The highest BCUT2D eigenvalue weighted by molar-refractivity contribution is 5.95. The van der Waals surface area contributed by atoms with E-state index in [4.69, 9.17) is 0 Å². The van der Waals surface area contributed by atoms with Gasteiger partial charge in [-0.1, -0.05) is 42.5 Å². The predicted octanol–water partition coefficient (Wildman–Crippen LogP) is 3.38. The van der Waals surface area contributed by atoms with Gasteiger partial charge in [0.25, 0.3) is 0 Å². The summed E-state index contributed by atoms with van der Waals surface area (Å²) in [6, 6.07) is 13.8. The molecule has 0 bridgehead atoms. The number of aryl methyl sites for hydroxylation is 1. The summed E-state index contributed by atoms with van der Waals surface area (Å²) in [6.07, 6.45) is 0.534. The molecule has 0 fully saturated rings. The molecule has 3 rings (SSSR count). The number of benzene rings is 2. The van der Waals surface area contributed by atoms with Crippen molar-refractivity contribution in [2.24, 2.45) is 0 Å². The van der Waals surface area contributed by atoms with Crippen molar-refractivity contribution in [3.05, 3.63) is 59.2 Å². The number of carbonyl (C=O) groups is 1. The fraction of sp³-hybridized carbons (Fsp3) is 0.235. The first-order chi connectivity index (χ1) is 10.2. The molecule has 1 heterocycles. The average Bonchev–Trinajstić information content (AvgIpc) is 2.89. The fourth-order valence-corrected chi connectivity index (χ4v) is 2.37. The normalized spacial score (nSPS) is 11.0. The third-order valence-corrected chi connectivity index (χ3v) is 3.60. The number of hydrogen-bond donors (Lipinski definition) is 0. The lowest BCUT2D eigenvalue weighted by atomic mass is 10.1. The molecule has 0 saturated carbocycles. The summed E-state index contributed by atoms with van der Waals surface area (Å²) in [5.74, 6) is 0.170. The van der Waals surface area contributed by atoms with Crippen LogP contribution in [-0.4, -0.2) is 20.8 Å². The van der Waals surface area contributed by atoms with Crippen LogP contribution in [0.2, 0.25) is 0 Å². The zero-order valence-corrected chi connectivity index (χ0v) is 12.2. The molecule has 2 aromatic carbocycles. The van der Waals surface area contributed by atoms with Gasteiger partial charge < -0.3 is 0 Å². The van der Waals surface area contributed by atoms with Gasteiger partial charge in [0.1, 0.15) is 5.52 Å². The van der Waals surface area contributed by atoms with E-state index in [-0.39, 0.29) is 5.78 Å². The third kappa shape index (κ3) is 2.70. The van der Waals surface area contributed by atoms with E-state index in [0.29, 0.717) is 13.0 Å². The van der Waals surface area contributed by atoms with Crippen molar-refractivity contribution < 1.29 is 4.79 Å². The second-order valence-corrected chi connectivity index (χ2v) is 5.21. The maximum absolute atomic E-state index is 11.6. The summed E-state index contributed by atoms with van der Waals surface area (Å²) in [5.41, 5.74) is 4.98. The number of Topliss-reactive ketones (excluding diaryl/α,β-unsaturated/α-hetero) is 1. The maximum Gasteiger partial charge on any atom is 0.162 e. The topological polar surface area (TPSA) is 47.8 Å². The molecule has 0 aliphatic rings. The Morgan fingerprint density at radius 3 is 2.62 bits per heavy atom. The first-order valence-corrected chi connectivity index (χ1v) is 7.09. The van der Waals surface area contributed by atoms with Crippen LogP contribution < -0.4 is 0 Å². The molecule has 0 saturated heterocycles. The maximum atomic E-state index is 11.6. The summed E-state index contributed by atoms with van der Waals surface area (Å²) in [5, 5.41) is 8.40. The quantitative estimate of drug-likeness (QED) is 0.688. The van der Waals surface area contributed by atoms with Crippen molar-refractivity contribution >= 4 is 16.8 Å². The van der Waals surface area contributed by atoms with Crippen LogP contribution in [0, 0.1) is 6.92 Å². The van der Waals surface area contributed by atoms with E-state index in [9.17, 15) is 4.79 Å². The molecule has 0 atom stereocenters. The van der Waals surface area contributed by atoms with E-state index in [1.54, 1.807) is 0 Å². The zero-order chi connectivity index (χ0) is 14.8. The molecule has 0 N–H and O–H groups in total. The minimum atomic E-state index is 0.170. The van der Waals surface area contributed by atoms with Gasteiger partial charge in [-0.05, 0) is 30.2 Å². The smallest absolute Gasteiger partial charge is 0.162 e. The molecule has 0 radical (unpaired) electrons. The molecule has 0 spiro atoms. The van der Waals surface area contributed by atoms with Crippen LogP contribution in [0.4, 0.5) is 0 Å². The van der Waals surface area contributed by atoms with Crippen molar-refractivity contribution in [2.75, 3.05) is 0 Å². The van der Waals surface area contributed by atoms with E-state index in [0.717, 1.165) is 22.2 Å². The van der Waals surface area contributed by atoms with Gasteiger partial charge >= 0.3 is 0 Å². The predicted molar refractivity (Wildman–Crippen MR) is 82.4 cm³/mol. The van der Waals surface area contributed by atoms with Crippen LogP contribution in [0.1, 0.15) is 34.8 Å². The minimum Gasteiger partial charge on any atom is -0.294 e. The van der Waals surface area contributed by atoms with Crippen LogP contribution >= 0.6 is 0 Å². The van der Waals surface area contributed by atoms with Crippen LogP contribution in [0.5, 0.6) is 0 Å². The number of aromatic nitrogens is 3. The highest BCUT2D eigenvalue weighted by atomic mass is 16.1. The molecule has 4 heteroatoms. The standard InChI is InChI=1S/C17H17N3O/c1-3-17(21)14-7-5-13(6-8-14)11-20-16-9-4-12(2)10-15(16)18-19-20/h4-10H,3,11H2,1-2H3. The molecule has 21 heavy (non-hydrogen) atoms. The van der Waals surface area contributed by atoms with Gasteiger partial charge in [-0.3, -0.25) is 4.79 Å². The Labute approximate surface area is 123 Å². The van der Waals surface area contributed by atoms with Crippen molar-refractivity contribution in [3.63, 3.8) is 0 Å². The number of carbonyl (C=O) groups excluding carboxylic acids is 1. The second kappa shape index (κ2) is 5.48. The second-order valence-electron chi connectivity index (χ2n) is 5.21. The molecule has 3 aromatic rings. The van der Waals surface area contributed by atoms with E-state index < -0.39 is 0 Å². The Hall–Kier alpha value is -2.49. The van der Waals surface area contributed by atoms with Crippen molar-refractivity contribution in [2.45, 2.75) is 26.8 Å². The molecular weight excluding hydrogens is 262 g/mol. The van der Waals surface area contributed by atoms with Gasteiger partial charge in [0.2, 0.25) is 0 Å². The van der Waals surface area contributed by atoms with Crippen molar-refractivity contribution in [1.82, 2.24) is 15.0 Å². The molecule has 0 unspecified atom stereocenters. The number of fused-ring (bicyclic) bond motifs is 1.